The number of ether oxygens (including phenoxy) is 4. The largest absolute Gasteiger partial charge is 0.493 e. The Morgan fingerprint density at radius 3 is 1.89 bits per heavy atom. The first-order chi connectivity index (χ1) is 13.0. The number of hydrogen-bond donors (Lipinski definition) is 0. The molecule has 0 aromatic heterocycles. The van der Waals surface area contributed by atoms with Crippen molar-refractivity contribution < 1.29 is 23.7 Å². The van der Waals surface area contributed by atoms with Gasteiger partial charge in [0.15, 0.2) is 28.8 Å². The maximum atomic E-state index is 13.0. The highest BCUT2D eigenvalue weighted by Crippen LogP contribution is 2.47. The number of carbonyl (C=O) groups is 1. The molecule has 0 aliphatic heterocycles. The molecule has 2 aromatic rings. The first kappa shape index (κ1) is 19.1. The Balaban J connectivity index is 2.22. The quantitative estimate of drug-likeness (QED) is 0.784. The van der Waals surface area contributed by atoms with Crippen molar-refractivity contribution >= 4 is 5.78 Å². The van der Waals surface area contributed by atoms with Gasteiger partial charge < -0.3 is 18.9 Å². The smallest absolute Gasteiger partial charge is 0.166 e. The van der Waals surface area contributed by atoms with Crippen molar-refractivity contribution in [2.24, 2.45) is 11.8 Å². The molecule has 1 aliphatic rings. The van der Waals surface area contributed by atoms with E-state index in [0.717, 1.165) is 11.1 Å². The van der Waals surface area contributed by atoms with E-state index in [2.05, 4.69) is 6.92 Å². The molecule has 144 valence electrons. The Hall–Kier alpha value is -2.69. The van der Waals surface area contributed by atoms with Gasteiger partial charge in [0.2, 0.25) is 0 Å². The molecule has 27 heavy (non-hydrogen) atoms. The predicted molar refractivity (Wildman–Crippen MR) is 104 cm³/mol. The Morgan fingerprint density at radius 1 is 0.741 bits per heavy atom. The maximum Gasteiger partial charge on any atom is 0.166 e. The second kappa shape index (κ2) is 7.51. The van der Waals surface area contributed by atoms with Crippen LogP contribution in [0.25, 0.3) is 0 Å². The van der Waals surface area contributed by atoms with Gasteiger partial charge in [-0.3, -0.25) is 4.79 Å². The minimum Gasteiger partial charge on any atom is -0.493 e. The van der Waals surface area contributed by atoms with E-state index in [-0.39, 0.29) is 23.5 Å². The molecule has 0 saturated heterocycles. The number of fused-ring (bicyclic) bond motifs is 1. The molecule has 0 spiro atoms. The molecular weight excluding hydrogens is 344 g/mol. The van der Waals surface area contributed by atoms with Crippen molar-refractivity contribution in [3.05, 3.63) is 47.0 Å². The third kappa shape index (κ3) is 3.11. The van der Waals surface area contributed by atoms with Crippen LogP contribution in [0.2, 0.25) is 0 Å². The molecule has 5 nitrogen and oxygen atoms in total. The topological polar surface area (TPSA) is 54.0 Å². The molecule has 2 aromatic carbocycles. The number of Topliss-reactive ketones (excluding diaryl/α,β-unsaturated/α-hetero) is 1. The highest BCUT2D eigenvalue weighted by Gasteiger charge is 2.39. The SMILES string of the molecule is COc1ccc([C@@H]2c3cc(OC)c(OC)cc3C(=O)[C@H](C)C2C)cc1OC. The van der Waals surface area contributed by atoms with Gasteiger partial charge in [-0.05, 0) is 41.3 Å². The van der Waals surface area contributed by atoms with Crippen molar-refractivity contribution in [1.82, 2.24) is 0 Å². The summed E-state index contributed by atoms with van der Waals surface area (Å²) in [6.07, 6.45) is 0. The van der Waals surface area contributed by atoms with E-state index in [4.69, 9.17) is 18.9 Å². The number of benzene rings is 2. The average Bonchev–Trinajstić information content (AvgIpc) is 2.71. The molecule has 0 amide bonds. The molecule has 0 fully saturated rings. The molecule has 0 N–H and O–H groups in total. The lowest BCUT2D eigenvalue weighted by atomic mass is 9.67. The van der Waals surface area contributed by atoms with Crippen LogP contribution in [-0.4, -0.2) is 34.2 Å². The Bertz CT molecular complexity index is 858. The summed E-state index contributed by atoms with van der Waals surface area (Å²) in [5.41, 5.74) is 2.72. The number of hydrogen-bond acceptors (Lipinski definition) is 5. The molecule has 1 aliphatic carbocycles. The van der Waals surface area contributed by atoms with E-state index >= 15 is 0 Å². The average molecular weight is 370 g/mol. The van der Waals surface area contributed by atoms with Crippen LogP contribution in [0.4, 0.5) is 0 Å². The lowest BCUT2D eigenvalue weighted by Gasteiger charge is -2.36. The maximum absolute atomic E-state index is 13.0. The normalized spacial score (nSPS) is 21.4. The fraction of sp³-hybridized carbons (Fsp3) is 0.409. The number of carbonyl (C=O) groups excluding carboxylic acids is 1. The fourth-order valence-electron chi connectivity index (χ4n) is 3.95. The zero-order chi connectivity index (χ0) is 19.7. The standard InChI is InChI=1S/C22H26O5/c1-12-13(2)22(23)16-11-20(27-6)19(26-5)10-15(16)21(12)14-7-8-17(24-3)18(9-14)25-4/h7-13,21H,1-6H3/t12?,13-,21-/m1/s1. The van der Waals surface area contributed by atoms with Gasteiger partial charge in [0.1, 0.15) is 0 Å². The molecule has 0 radical (unpaired) electrons. The highest BCUT2D eigenvalue weighted by molar-refractivity contribution is 6.01. The second-order valence-electron chi connectivity index (χ2n) is 6.90. The molecule has 0 saturated carbocycles. The monoisotopic (exact) mass is 370 g/mol. The van der Waals surface area contributed by atoms with Gasteiger partial charge in [0.05, 0.1) is 28.4 Å². The summed E-state index contributed by atoms with van der Waals surface area (Å²) in [6.45, 7) is 4.10. The number of methoxy groups -OCH3 is 4. The van der Waals surface area contributed by atoms with Gasteiger partial charge in [-0.15, -0.1) is 0 Å². The fourth-order valence-corrected chi connectivity index (χ4v) is 3.95. The van der Waals surface area contributed by atoms with E-state index in [1.807, 2.05) is 31.2 Å². The lowest BCUT2D eigenvalue weighted by Crippen LogP contribution is -2.32. The van der Waals surface area contributed by atoms with Crippen molar-refractivity contribution in [3.63, 3.8) is 0 Å². The van der Waals surface area contributed by atoms with Crippen LogP contribution >= 0.6 is 0 Å². The van der Waals surface area contributed by atoms with Crippen LogP contribution in [-0.2, 0) is 0 Å². The van der Waals surface area contributed by atoms with Crippen molar-refractivity contribution in [2.45, 2.75) is 19.8 Å². The van der Waals surface area contributed by atoms with Crippen LogP contribution in [0.15, 0.2) is 30.3 Å². The third-order valence-corrected chi connectivity index (χ3v) is 5.65. The van der Waals surface area contributed by atoms with E-state index < -0.39 is 0 Å². The summed E-state index contributed by atoms with van der Waals surface area (Å²) in [5, 5.41) is 0. The summed E-state index contributed by atoms with van der Waals surface area (Å²) in [4.78, 5) is 13.0. The number of rotatable bonds is 5. The molecule has 0 heterocycles. The lowest BCUT2D eigenvalue weighted by molar-refractivity contribution is 0.0865. The van der Waals surface area contributed by atoms with Crippen LogP contribution in [0.5, 0.6) is 23.0 Å². The third-order valence-electron chi connectivity index (χ3n) is 5.65. The molecule has 3 atom stereocenters. The first-order valence-electron chi connectivity index (χ1n) is 8.98. The van der Waals surface area contributed by atoms with E-state index in [1.165, 1.54) is 0 Å². The molecule has 3 rings (SSSR count). The Morgan fingerprint density at radius 2 is 1.30 bits per heavy atom. The van der Waals surface area contributed by atoms with Gasteiger partial charge in [-0.25, -0.2) is 0 Å². The van der Waals surface area contributed by atoms with Crippen LogP contribution < -0.4 is 18.9 Å². The zero-order valence-electron chi connectivity index (χ0n) is 16.7. The Labute approximate surface area is 160 Å². The minimum atomic E-state index is -0.103. The van der Waals surface area contributed by atoms with Gasteiger partial charge in [0.25, 0.3) is 0 Å². The number of ketones is 1. The van der Waals surface area contributed by atoms with E-state index in [9.17, 15) is 4.79 Å². The van der Waals surface area contributed by atoms with E-state index in [1.54, 1.807) is 34.5 Å². The molecular formula is C22H26O5. The van der Waals surface area contributed by atoms with Gasteiger partial charge in [-0.1, -0.05) is 19.9 Å². The second-order valence-corrected chi connectivity index (χ2v) is 6.90. The minimum absolute atomic E-state index is 0.0345. The van der Waals surface area contributed by atoms with E-state index in [0.29, 0.717) is 28.6 Å². The van der Waals surface area contributed by atoms with Crippen LogP contribution in [0.1, 0.15) is 41.3 Å². The van der Waals surface area contributed by atoms with Crippen LogP contribution in [0, 0.1) is 11.8 Å². The van der Waals surface area contributed by atoms with Gasteiger partial charge in [-0.2, -0.15) is 0 Å². The summed E-state index contributed by atoms with van der Waals surface area (Å²) < 4.78 is 21.7. The first-order valence-corrected chi connectivity index (χ1v) is 8.98. The molecule has 0 bridgehead atoms. The summed E-state index contributed by atoms with van der Waals surface area (Å²) in [7, 11) is 6.43. The molecule has 1 unspecified atom stereocenters. The van der Waals surface area contributed by atoms with Gasteiger partial charge >= 0.3 is 0 Å². The Kier molecular flexibility index (Phi) is 5.31. The zero-order valence-corrected chi connectivity index (χ0v) is 16.7. The predicted octanol–water partition coefficient (Wildman–Crippen LogP) is 4.32. The van der Waals surface area contributed by atoms with Gasteiger partial charge in [0, 0.05) is 17.4 Å². The summed E-state index contributed by atoms with van der Waals surface area (Å²) in [5.74, 6) is 2.74. The summed E-state index contributed by atoms with van der Waals surface area (Å²) >= 11 is 0. The van der Waals surface area contributed by atoms with Crippen LogP contribution in [0.3, 0.4) is 0 Å². The van der Waals surface area contributed by atoms with Crippen molar-refractivity contribution in [1.29, 1.82) is 0 Å². The highest BCUT2D eigenvalue weighted by atomic mass is 16.5. The molecule has 5 heteroatoms. The van der Waals surface area contributed by atoms with Crippen molar-refractivity contribution in [2.75, 3.05) is 28.4 Å². The van der Waals surface area contributed by atoms with Crippen molar-refractivity contribution in [3.8, 4) is 23.0 Å². The summed E-state index contributed by atoms with van der Waals surface area (Å²) in [6, 6.07) is 9.65.